The van der Waals surface area contributed by atoms with Gasteiger partial charge in [0.25, 0.3) is 5.56 Å². The molecule has 0 bridgehead atoms. The van der Waals surface area contributed by atoms with E-state index in [2.05, 4.69) is 10.6 Å². The standard InChI is InChI=1S/C25H24N4O4S/c1-2-33-23(31)20-19(26-24(32)28-21(20)15-8-4-3-5-9-15)14-34-25-27-18-11-7-6-10-17(18)22(30)29(25)16-12-13-16/h3-11,16,21H,2,12-14H2,1H3,(H2,26,28,32). The van der Waals surface area contributed by atoms with E-state index in [1.807, 2.05) is 48.5 Å². The number of aromatic nitrogens is 2. The average Bonchev–Trinajstić information content (AvgIpc) is 3.68. The van der Waals surface area contributed by atoms with Crippen LogP contribution in [0.25, 0.3) is 10.9 Å². The molecule has 1 saturated carbocycles. The Morgan fingerprint density at radius 1 is 1.12 bits per heavy atom. The van der Waals surface area contributed by atoms with Crippen LogP contribution in [0, 0.1) is 0 Å². The molecule has 8 nitrogen and oxygen atoms in total. The number of nitrogens with zero attached hydrogens (tertiary/aromatic N) is 2. The maximum atomic E-state index is 13.2. The molecule has 1 fully saturated rings. The van der Waals surface area contributed by atoms with Gasteiger partial charge >= 0.3 is 12.0 Å². The lowest BCUT2D eigenvalue weighted by molar-refractivity contribution is -0.139. The zero-order valence-electron chi connectivity index (χ0n) is 18.6. The highest BCUT2D eigenvalue weighted by Gasteiger charge is 2.34. The number of thioether (sulfide) groups is 1. The van der Waals surface area contributed by atoms with Gasteiger partial charge in [-0.25, -0.2) is 14.6 Å². The van der Waals surface area contributed by atoms with Gasteiger partial charge in [0.05, 0.1) is 29.1 Å². The third-order valence-electron chi connectivity index (χ3n) is 5.81. The van der Waals surface area contributed by atoms with E-state index >= 15 is 0 Å². The van der Waals surface area contributed by atoms with Gasteiger partial charge in [-0.1, -0.05) is 54.2 Å². The second-order valence-corrected chi connectivity index (χ2v) is 9.10. The number of fused-ring (bicyclic) bond motifs is 1. The van der Waals surface area contributed by atoms with Gasteiger partial charge in [-0.15, -0.1) is 0 Å². The van der Waals surface area contributed by atoms with E-state index in [4.69, 9.17) is 9.72 Å². The summed E-state index contributed by atoms with van der Waals surface area (Å²) in [4.78, 5) is 43.4. The Morgan fingerprint density at radius 2 is 1.85 bits per heavy atom. The monoisotopic (exact) mass is 476 g/mol. The number of carbonyl (C=O) groups is 2. The summed E-state index contributed by atoms with van der Waals surface area (Å²) in [5.41, 5.74) is 2.14. The molecular formula is C25H24N4O4S. The highest BCUT2D eigenvalue weighted by molar-refractivity contribution is 7.99. The number of rotatable bonds is 7. The first-order valence-corrected chi connectivity index (χ1v) is 12.2. The molecule has 34 heavy (non-hydrogen) atoms. The number of carbonyl (C=O) groups excluding carboxylic acids is 2. The number of ether oxygens (including phenoxy) is 1. The third-order valence-corrected chi connectivity index (χ3v) is 6.79. The predicted octanol–water partition coefficient (Wildman–Crippen LogP) is 3.69. The SMILES string of the molecule is CCOC(=O)C1=C(CSc2nc3ccccc3c(=O)n2C2CC2)NC(=O)NC1c1ccccc1. The van der Waals surface area contributed by atoms with Crippen LogP contribution in [-0.4, -0.2) is 33.9 Å². The summed E-state index contributed by atoms with van der Waals surface area (Å²) in [7, 11) is 0. The molecule has 1 unspecified atom stereocenters. The minimum absolute atomic E-state index is 0.0632. The molecule has 2 N–H and O–H groups in total. The van der Waals surface area contributed by atoms with Crippen LogP contribution >= 0.6 is 11.8 Å². The van der Waals surface area contributed by atoms with Gasteiger partial charge in [-0.05, 0) is 37.5 Å². The van der Waals surface area contributed by atoms with Crippen LogP contribution in [-0.2, 0) is 9.53 Å². The van der Waals surface area contributed by atoms with Crippen molar-refractivity contribution < 1.29 is 14.3 Å². The number of hydrogen-bond donors (Lipinski definition) is 2. The van der Waals surface area contributed by atoms with E-state index in [1.54, 1.807) is 17.6 Å². The predicted molar refractivity (Wildman–Crippen MR) is 130 cm³/mol. The fourth-order valence-electron chi connectivity index (χ4n) is 4.10. The van der Waals surface area contributed by atoms with E-state index in [0.717, 1.165) is 18.4 Å². The molecule has 2 aliphatic rings. The van der Waals surface area contributed by atoms with Crippen molar-refractivity contribution >= 4 is 34.7 Å². The lowest BCUT2D eigenvalue weighted by atomic mass is 9.95. The van der Waals surface area contributed by atoms with Gasteiger partial charge in [0.1, 0.15) is 0 Å². The molecule has 9 heteroatoms. The topological polar surface area (TPSA) is 102 Å². The van der Waals surface area contributed by atoms with Crippen molar-refractivity contribution in [3.63, 3.8) is 0 Å². The van der Waals surface area contributed by atoms with Crippen molar-refractivity contribution in [3.05, 3.63) is 81.8 Å². The highest BCUT2D eigenvalue weighted by Crippen LogP contribution is 2.37. The Morgan fingerprint density at radius 3 is 2.59 bits per heavy atom. The zero-order valence-corrected chi connectivity index (χ0v) is 19.4. The van der Waals surface area contributed by atoms with E-state index in [-0.39, 0.29) is 24.0 Å². The van der Waals surface area contributed by atoms with E-state index < -0.39 is 18.0 Å². The van der Waals surface area contributed by atoms with Crippen LogP contribution in [0.2, 0.25) is 0 Å². The van der Waals surface area contributed by atoms with Crippen LogP contribution in [0.1, 0.15) is 37.4 Å². The minimum Gasteiger partial charge on any atom is -0.463 e. The van der Waals surface area contributed by atoms with Gasteiger partial charge in [-0.2, -0.15) is 0 Å². The van der Waals surface area contributed by atoms with Gasteiger partial charge in [-0.3, -0.25) is 9.36 Å². The molecule has 5 rings (SSSR count). The van der Waals surface area contributed by atoms with Crippen molar-refractivity contribution in [1.29, 1.82) is 0 Å². The Bertz CT molecular complexity index is 1350. The van der Waals surface area contributed by atoms with E-state index in [9.17, 15) is 14.4 Å². The number of urea groups is 1. The van der Waals surface area contributed by atoms with Crippen molar-refractivity contribution in [3.8, 4) is 0 Å². The molecule has 0 saturated heterocycles. The first-order valence-electron chi connectivity index (χ1n) is 11.2. The molecule has 1 aliphatic heterocycles. The summed E-state index contributed by atoms with van der Waals surface area (Å²) in [5, 5.41) is 6.78. The van der Waals surface area contributed by atoms with Crippen LogP contribution < -0.4 is 16.2 Å². The molecule has 3 aromatic rings. The summed E-state index contributed by atoms with van der Waals surface area (Å²) in [6.45, 7) is 1.96. The molecule has 1 atom stereocenters. The van der Waals surface area contributed by atoms with E-state index in [0.29, 0.717) is 27.3 Å². The molecule has 0 spiro atoms. The summed E-state index contributed by atoms with van der Waals surface area (Å²) < 4.78 is 7.08. The van der Waals surface area contributed by atoms with Crippen LogP contribution in [0.5, 0.6) is 0 Å². The molecule has 2 amide bonds. The molecule has 0 radical (unpaired) electrons. The smallest absolute Gasteiger partial charge is 0.338 e. The molecular weight excluding hydrogens is 452 g/mol. The summed E-state index contributed by atoms with van der Waals surface area (Å²) in [5.74, 6) is -0.243. The van der Waals surface area contributed by atoms with Crippen molar-refractivity contribution in [2.75, 3.05) is 12.4 Å². The lowest BCUT2D eigenvalue weighted by Crippen LogP contribution is -2.46. The third kappa shape index (κ3) is 4.31. The van der Waals surface area contributed by atoms with Crippen molar-refractivity contribution in [2.24, 2.45) is 0 Å². The first-order chi connectivity index (χ1) is 16.6. The Hall–Kier alpha value is -3.59. The van der Waals surface area contributed by atoms with Crippen LogP contribution in [0.3, 0.4) is 0 Å². The number of nitrogens with one attached hydrogen (secondary N) is 2. The molecule has 2 aromatic carbocycles. The molecule has 1 aliphatic carbocycles. The van der Waals surface area contributed by atoms with Crippen LogP contribution in [0.4, 0.5) is 4.79 Å². The largest absolute Gasteiger partial charge is 0.463 e. The maximum Gasteiger partial charge on any atom is 0.338 e. The fraction of sp³-hybridized carbons (Fsp3) is 0.280. The maximum absolute atomic E-state index is 13.2. The number of amides is 2. The Kier molecular flexibility index (Phi) is 6.10. The quantitative estimate of drug-likeness (QED) is 0.306. The highest BCUT2D eigenvalue weighted by atomic mass is 32.2. The summed E-state index contributed by atoms with van der Waals surface area (Å²) in [6.07, 6.45) is 1.86. The Labute approximate surface area is 200 Å². The van der Waals surface area contributed by atoms with Crippen LogP contribution in [0.15, 0.2) is 75.8 Å². The van der Waals surface area contributed by atoms with Crippen molar-refractivity contribution in [2.45, 2.75) is 37.0 Å². The number of benzene rings is 2. The van der Waals surface area contributed by atoms with Gasteiger partial charge in [0.2, 0.25) is 0 Å². The van der Waals surface area contributed by atoms with Crippen molar-refractivity contribution in [1.82, 2.24) is 20.2 Å². The average molecular weight is 477 g/mol. The number of hydrogen-bond acceptors (Lipinski definition) is 6. The summed E-state index contributed by atoms with van der Waals surface area (Å²) >= 11 is 1.33. The zero-order chi connectivity index (χ0) is 23.7. The molecule has 1 aromatic heterocycles. The minimum atomic E-state index is -0.639. The lowest BCUT2D eigenvalue weighted by Gasteiger charge is -2.29. The fourth-order valence-corrected chi connectivity index (χ4v) is 5.13. The summed E-state index contributed by atoms with van der Waals surface area (Å²) in [6, 6.07) is 15.7. The second-order valence-electron chi connectivity index (χ2n) is 8.16. The van der Waals surface area contributed by atoms with Gasteiger partial charge in [0, 0.05) is 17.5 Å². The van der Waals surface area contributed by atoms with Gasteiger partial charge < -0.3 is 15.4 Å². The molecule has 2 heterocycles. The number of para-hydroxylation sites is 1. The van der Waals surface area contributed by atoms with E-state index in [1.165, 1.54) is 11.8 Å². The molecule has 174 valence electrons. The number of esters is 1. The normalized spacial score (nSPS) is 17.9. The Balaban J connectivity index is 1.55. The second kappa shape index (κ2) is 9.34. The first kappa shape index (κ1) is 22.2. The van der Waals surface area contributed by atoms with Gasteiger partial charge in [0.15, 0.2) is 5.16 Å².